The molecule has 2 amide bonds. The maximum Gasteiger partial charge on any atom is 0.417 e. The fraction of sp³-hybridized carbons (Fsp3) is 0.524. The lowest BCUT2D eigenvalue weighted by Gasteiger charge is -2.55. The molecule has 0 radical (unpaired) electrons. The smallest absolute Gasteiger partial charge is 0.417 e. The molecule has 156 valence electrons. The number of rotatable bonds is 1. The minimum Gasteiger partial charge on any atom is -0.443 e. The molecule has 2 unspecified atom stereocenters. The summed E-state index contributed by atoms with van der Waals surface area (Å²) in [6.45, 7) is 8.89. The molecule has 1 aromatic rings. The van der Waals surface area contributed by atoms with E-state index in [-0.39, 0.29) is 18.1 Å². The summed E-state index contributed by atoms with van der Waals surface area (Å²) in [6, 6.07) is 6.27. The number of hydrogen-bond acceptors (Lipinski definition) is 6. The Morgan fingerprint density at radius 3 is 2.48 bits per heavy atom. The van der Waals surface area contributed by atoms with Crippen LogP contribution in [0.2, 0.25) is 5.02 Å². The molecule has 2 fully saturated rings. The van der Waals surface area contributed by atoms with Gasteiger partial charge in [0.2, 0.25) is 5.79 Å². The van der Waals surface area contributed by atoms with Crippen molar-refractivity contribution in [2.75, 3.05) is 0 Å². The molecule has 4 aliphatic heterocycles. The average Bonchev–Trinajstić information content (AvgIpc) is 2.61. The molecule has 2 saturated heterocycles. The molecule has 2 bridgehead atoms. The minimum absolute atomic E-state index is 0.172. The van der Waals surface area contributed by atoms with Gasteiger partial charge in [-0.3, -0.25) is 4.79 Å². The van der Waals surface area contributed by atoms with E-state index < -0.39 is 35.0 Å². The number of carbonyl (C=O) groups excluding carboxylic acids is 2. The predicted molar refractivity (Wildman–Crippen MR) is 104 cm³/mol. The summed E-state index contributed by atoms with van der Waals surface area (Å²) in [4.78, 5) is 38.8. The Balaban J connectivity index is 1.80. The highest BCUT2D eigenvalue weighted by Crippen LogP contribution is 2.52. The summed E-state index contributed by atoms with van der Waals surface area (Å²) in [5, 5.41) is 0.550. The second kappa shape index (κ2) is 6.54. The number of carbonyl (C=O) groups is 2. The molecule has 0 N–H and O–H groups in total. The van der Waals surface area contributed by atoms with Crippen molar-refractivity contribution in [1.82, 2.24) is 4.90 Å². The first-order chi connectivity index (χ1) is 13.4. The van der Waals surface area contributed by atoms with Crippen LogP contribution < -0.4 is 0 Å². The topological polar surface area (TPSA) is 74.3 Å². The van der Waals surface area contributed by atoms with E-state index in [4.69, 9.17) is 30.8 Å². The molecule has 29 heavy (non-hydrogen) atoms. The minimum atomic E-state index is -1.38. The van der Waals surface area contributed by atoms with Crippen LogP contribution in [0, 0.1) is 0 Å². The summed E-state index contributed by atoms with van der Waals surface area (Å²) in [5.74, 6) is -1.90. The van der Waals surface area contributed by atoms with E-state index >= 15 is 0 Å². The quantitative estimate of drug-likeness (QED) is 0.629. The van der Waals surface area contributed by atoms with Crippen LogP contribution in [-0.2, 0) is 24.0 Å². The van der Waals surface area contributed by atoms with Crippen LogP contribution in [0.3, 0.4) is 0 Å². The highest BCUT2D eigenvalue weighted by Gasteiger charge is 2.63. The van der Waals surface area contributed by atoms with Crippen molar-refractivity contribution in [3.63, 3.8) is 0 Å². The fourth-order valence-electron chi connectivity index (χ4n) is 3.80. The number of likely N-dealkylation sites (tertiary alicyclic amines) is 1. The van der Waals surface area contributed by atoms with Gasteiger partial charge in [0, 0.05) is 11.4 Å². The van der Waals surface area contributed by atoms with Crippen molar-refractivity contribution < 1.29 is 28.8 Å². The Morgan fingerprint density at radius 1 is 1.24 bits per heavy atom. The maximum absolute atomic E-state index is 13.5. The molecular formula is C21H24ClNO6. The van der Waals surface area contributed by atoms with Crippen molar-refractivity contribution in [2.24, 2.45) is 0 Å². The summed E-state index contributed by atoms with van der Waals surface area (Å²) in [6.07, 6.45) is 0.819. The standard InChI is InChI=1S/C21H24ClNO6/c1-12-20(5)10-15-17(24)23(18(25)27-19(2,3)4)16(11-21(15,26-12)29-28-20)13-6-8-14(22)9-7-13/h6-10,12,16H,11H2,1-5H3/t12?,16?,20-,21+/m1/s1. The van der Waals surface area contributed by atoms with E-state index in [0.29, 0.717) is 10.6 Å². The van der Waals surface area contributed by atoms with Gasteiger partial charge in [-0.15, -0.1) is 0 Å². The molecule has 0 saturated carbocycles. The molecule has 8 heteroatoms. The first-order valence-corrected chi connectivity index (χ1v) is 9.92. The van der Waals surface area contributed by atoms with Gasteiger partial charge in [-0.05, 0) is 58.4 Å². The van der Waals surface area contributed by atoms with Crippen LogP contribution in [0.25, 0.3) is 0 Å². The molecule has 1 aromatic carbocycles. The van der Waals surface area contributed by atoms with Crippen LogP contribution in [0.1, 0.15) is 52.6 Å². The van der Waals surface area contributed by atoms with Crippen LogP contribution in [0.5, 0.6) is 0 Å². The number of benzene rings is 1. The number of ether oxygens (including phenoxy) is 2. The van der Waals surface area contributed by atoms with Gasteiger partial charge in [0.25, 0.3) is 5.91 Å². The van der Waals surface area contributed by atoms with Crippen molar-refractivity contribution in [3.05, 3.63) is 46.5 Å². The van der Waals surface area contributed by atoms with E-state index in [1.807, 2.05) is 6.92 Å². The van der Waals surface area contributed by atoms with E-state index in [1.54, 1.807) is 58.0 Å². The zero-order valence-corrected chi connectivity index (χ0v) is 17.8. The molecule has 1 spiro atoms. The van der Waals surface area contributed by atoms with Crippen LogP contribution >= 0.6 is 11.6 Å². The zero-order chi connectivity index (χ0) is 21.2. The second-order valence-electron chi connectivity index (χ2n) is 8.85. The van der Waals surface area contributed by atoms with Gasteiger partial charge < -0.3 is 9.47 Å². The average molecular weight is 422 g/mol. The number of halogens is 1. The summed E-state index contributed by atoms with van der Waals surface area (Å²) in [7, 11) is 0. The second-order valence-corrected chi connectivity index (χ2v) is 9.28. The third kappa shape index (κ3) is 3.36. The normalized spacial score (nSPS) is 33.9. The number of amides is 2. The number of fused-ring (bicyclic) bond motifs is 2. The molecule has 4 heterocycles. The Kier molecular flexibility index (Phi) is 4.59. The summed E-state index contributed by atoms with van der Waals surface area (Å²) < 4.78 is 11.6. The van der Waals surface area contributed by atoms with Gasteiger partial charge in [-0.25, -0.2) is 14.6 Å². The number of imide groups is 1. The fourth-order valence-corrected chi connectivity index (χ4v) is 3.93. The Morgan fingerprint density at radius 2 is 1.90 bits per heavy atom. The first kappa shape index (κ1) is 20.3. The monoisotopic (exact) mass is 421 g/mol. The van der Waals surface area contributed by atoms with Gasteiger partial charge >= 0.3 is 6.09 Å². The predicted octanol–water partition coefficient (Wildman–Crippen LogP) is 4.31. The van der Waals surface area contributed by atoms with Crippen molar-refractivity contribution in [1.29, 1.82) is 0 Å². The van der Waals surface area contributed by atoms with Gasteiger partial charge in [0.1, 0.15) is 11.2 Å². The molecule has 0 aliphatic carbocycles. The Labute approximate surface area is 174 Å². The van der Waals surface area contributed by atoms with E-state index in [1.165, 1.54) is 0 Å². The number of piperidine rings is 1. The lowest BCUT2D eigenvalue weighted by Crippen LogP contribution is -2.66. The van der Waals surface area contributed by atoms with Crippen LogP contribution in [0.15, 0.2) is 35.9 Å². The molecule has 7 nitrogen and oxygen atoms in total. The zero-order valence-electron chi connectivity index (χ0n) is 17.0. The van der Waals surface area contributed by atoms with Gasteiger partial charge in [0.15, 0.2) is 0 Å². The number of hydrogen-bond donors (Lipinski definition) is 0. The van der Waals surface area contributed by atoms with Gasteiger partial charge in [-0.1, -0.05) is 23.7 Å². The molecule has 0 aromatic heterocycles. The largest absolute Gasteiger partial charge is 0.443 e. The summed E-state index contributed by atoms with van der Waals surface area (Å²) >= 11 is 6.02. The van der Waals surface area contributed by atoms with Gasteiger partial charge in [0.05, 0.1) is 17.7 Å². The third-order valence-corrected chi connectivity index (χ3v) is 5.69. The lowest BCUT2D eigenvalue weighted by molar-refractivity contribution is -0.517. The van der Waals surface area contributed by atoms with Crippen molar-refractivity contribution in [3.8, 4) is 0 Å². The van der Waals surface area contributed by atoms with E-state index in [9.17, 15) is 9.59 Å². The highest BCUT2D eigenvalue weighted by atomic mass is 35.5. The van der Waals surface area contributed by atoms with Crippen LogP contribution in [-0.4, -0.2) is 40.0 Å². The number of nitrogens with zero attached hydrogens (tertiary/aromatic N) is 1. The van der Waals surface area contributed by atoms with Crippen molar-refractivity contribution in [2.45, 2.75) is 70.2 Å². The Hall–Kier alpha value is -1.93. The molecule has 4 aliphatic rings. The van der Waals surface area contributed by atoms with Crippen LogP contribution in [0.4, 0.5) is 4.79 Å². The van der Waals surface area contributed by atoms with Gasteiger partial charge in [-0.2, -0.15) is 4.89 Å². The van der Waals surface area contributed by atoms with E-state index in [0.717, 1.165) is 4.90 Å². The lowest BCUT2D eigenvalue weighted by atomic mass is 9.80. The first-order valence-electron chi connectivity index (χ1n) is 9.54. The molecular weight excluding hydrogens is 398 g/mol. The highest BCUT2D eigenvalue weighted by molar-refractivity contribution is 6.30. The summed E-state index contributed by atoms with van der Waals surface area (Å²) in [5.41, 5.74) is -0.714. The SMILES string of the molecule is CC1O[C@]23CC(c4ccc(Cl)cc4)N(C(=O)OC(C)(C)C)C(=O)C2=C[C@@]1(C)OO3. The maximum atomic E-state index is 13.5. The van der Waals surface area contributed by atoms with Crippen molar-refractivity contribution >= 4 is 23.6 Å². The molecule has 5 rings (SSSR count). The Bertz CT molecular complexity index is 891. The van der Waals surface area contributed by atoms with E-state index in [2.05, 4.69) is 0 Å². The molecule has 4 atom stereocenters. The third-order valence-electron chi connectivity index (χ3n) is 5.44.